The van der Waals surface area contributed by atoms with E-state index in [9.17, 15) is 9.59 Å². The van der Waals surface area contributed by atoms with Gasteiger partial charge >= 0.3 is 5.97 Å². The molecule has 1 atom stereocenters. The van der Waals surface area contributed by atoms with E-state index in [-0.39, 0.29) is 18.9 Å². The highest BCUT2D eigenvalue weighted by molar-refractivity contribution is 7.10. The zero-order chi connectivity index (χ0) is 15.2. The van der Waals surface area contributed by atoms with Crippen LogP contribution in [0.3, 0.4) is 0 Å². The molecule has 0 aliphatic heterocycles. The number of amides is 1. The van der Waals surface area contributed by atoms with Crippen molar-refractivity contribution in [1.29, 1.82) is 0 Å². The van der Waals surface area contributed by atoms with Crippen molar-refractivity contribution < 1.29 is 14.7 Å². The first-order valence-electron chi connectivity index (χ1n) is 6.43. The van der Waals surface area contributed by atoms with Gasteiger partial charge in [0.15, 0.2) is 0 Å². The first kappa shape index (κ1) is 15.2. The van der Waals surface area contributed by atoms with Crippen LogP contribution in [-0.2, 0) is 22.6 Å². The summed E-state index contributed by atoms with van der Waals surface area (Å²) in [6, 6.07) is 10.1. The molecular formula is C15H16N2O3S. The normalized spacial score (nSPS) is 11.9. The highest BCUT2D eigenvalue weighted by atomic mass is 32.1. The van der Waals surface area contributed by atoms with Crippen molar-refractivity contribution >= 4 is 23.2 Å². The van der Waals surface area contributed by atoms with Crippen molar-refractivity contribution in [2.75, 3.05) is 0 Å². The lowest BCUT2D eigenvalue weighted by atomic mass is 10.0. The molecule has 2 rings (SSSR count). The van der Waals surface area contributed by atoms with Crippen molar-refractivity contribution in [2.45, 2.75) is 19.0 Å². The van der Waals surface area contributed by atoms with Gasteiger partial charge < -0.3 is 16.2 Å². The molecule has 1 aromatic carbocycles. The smallest absolute Gasteiger partial charge is 0.307 e. The summed E-state index contributed by atoms with van der Waals surface area (Å²) >= 11 is 1.43. The number of carbonyl (C=O) groups excluding carboxylic acids is 1. The van der Waals surface area contributed by atoms with Crippen molar-refractivity contribution in [3.8, 4) is 0 Å². The lowest BCUT2D eigenvalue weighted by Gasteiger charge is -2.12. The van der Waals surface area contributed by atoms with E-state index in [2.05, 4.69) is 5.32 Å². The topological polar surface area (TPSA) is 92.4 Å². The Hall–Kier alpha value is -2.18. The van der Waals surface area contributed by atoms with E-state index in [1.807, 2.05) is 23.6 Å². The summed E-state index contributed by atoms with van der Waals surface area (Å²) in [4.78, 5) is 23.6. The molecule has 2 aromatic rings. The SMILES string of the molecule is NC(C(=O)NCc1ccccc1CC(=O)O)c1cccs1. The van der Waals surface area contributed by atoms with Crippen molar-refractivity contribution in [3.05, 3.63) is 57.8 Å². The summed E-state index contributed by atoms with van der Waals surface area (Å²) in [5.41, 5.74) is 7.34. The van der Waals surface area contributed by atoms with Gasteiger partial charge in [-0.15, -0.1) is 11.3 Å². The molecule has 0 aliphatic carbocycles. The first-order valence-corrected chi connectivity index (χ1v) is 7.31. The number of carboxylic acid groups (broad SMARTS) is 1. The molecule has 1 amide bonds. The fourth-order valence-electron chi connectivity index (χ4n) is 1.96. The maximum Gasteiger partial charge on any atom is 0.307 e. The van der Waals surface area contributed by atoms with E-state index in [0.717, 1.165) is 10.4 Å². The second kappa shape index (κ2) is 7.01. The number of hydrogen-bond donors (Lipinski definition) is 3. The molecule has 110 valence electrons. The molecule has 1 unspecified atom stereocenters. The molecule has 0 aliphatic rings. The summed E-state index contributed by atoms with van der Waals surface area (Å²) in [5.74, 6) is -1.17. The standard InChI is InChI=1S/C15H16N2O3S/c16-14(12-6-3-7-21-12)15(20)17-9-11-5-2-1-4-10(11)8-13(18)19/h1-7,14H,8-9,16H2,(H,17,20)(H,18,19). The van der Waals surface area contributed by atoms with Gasteiger partial charge in [-0.05, 0) is 22.6 Å². The lowest BCUT2D eigenvalue weighted by molar-refractivity contribution is -0.136. The molecule has 0 saturated carbocycles. The second-order valence-electron chi connectivity index (χ2n) is 4.55. The first-order chi connectivity index (χ1) is 10.1. The molecule has 1 heterocycles. The summed E-state index contributed by atoms with van der Waals surface area (Å²) in [6.07, 6.45) is -0.0664. The zero-order valence-corrected chi connectivity index (χ0v) is 12.1. The third-order valence-electron chi connectivity index (χ3n) is 3.05. The minimum atomic E-state index is -0.899. The monoisotopic (exact) mass is 304 g/mol. The number of benzene rings is 1. The number of rotatable bonds is 6. The number of hydrogen-bond acceptors (Lipinski definition) is 4. The zero-order valence-electron chi connectivity index (χ0n) is 11.3. The predicted molar refractivity (Wildman–Crippen MR) is 80.9 cm³/mol. The van der Waals surface area contributed by atoms with Crippen LogP contribution in [-0.4, -0.2) is 17.0 Å². The Balaban J connectivity index is 2.00. The van der Waals surface area contributed by atoms with E-state index >= 15 is 0 Å². The predicted octanol–water partition coefficient (Wildman–Crippen LogP) is 1.69. The van der Waals surface area contributed by atoms with Crippen LogP contribution < -0.4 is 11.1 Å². The largest absolute Gasteiger partial charge is 0.481 e. The summed E-state index contributed by atoms with van der Waals surface area (Å²) in [5, 5.41) is 13.5. The average molecular weight is 304 g/mol. The Labute approximate surface area is 126 Å². The van der Waals surface area contributed by atoms with Crippen LogP contribution in [0.4, 0.5) is 0 Å². The molecule has 4 N–H and O–H groups in total. The third kappa shape index (κ3) is 4.14. The van der Waals surface area contributed by atoms with Gasteiger partial charge in [-0.25, -0.2) is 0 Å². The van der Waals surface area contributed by atoms with Gasteiger partial charge in [-0.1, -0.05) is 30.3 Å². The Morgan fingerprint density at radius 3 is 2.52 bits per heavy atom. The summed E-state index contributed by atoms with van der Waals surface area (Å²) in [7, 11) is 0. The van der Waals surface area contributed by atoms with Gasteiger partial charge in [-0.2, -0.15) is 0 Å². The number of carboxylic acids is 1. The van der Waals surface area contributed by atoms with Crippen LogP contribution in [0.1, 0.15) is 22.0 Å². The van der Waals surface area contributed by atoms with E-state index < -0.39 is 12.0 Å². The maximum absolute atomic E-state index is 12.0. The lowest BCUT2D eigenvalue weighted by Crippen LogP contribution is -2.33. The van der Waals surface area contributed by atoms with E-state index in [1.54, 1.807) is 18.2 Å². The Bertz CT molecular complexity index is 626. The Kier molecular flexibility index (Phi) is 5.08. The molecule has 5 nitrogen and oxygen atoms in total. The van der Waals surface area contributed by atoms with Gasteiger partial charge in [-0.3, -0.25) is 9.59 Å². The van der Waals surface area contributed by atoms with Gasteiger partial charge in [0, 0.05) is 11.4 Å². The number of nitrogens with one attached hydrogen (secondary N) is 1. The van der Waals surface area contributed by atoms with Crippen LogP contribution in [0.15, 0.2) is 41.8 Å². The van der Waals surface area contributed by atoms with Crippen molar-refractivity contribution in [1.82, 2.24) is 5.32 Å². The van der Waals surface area contributed by atoms with Crippen LogP contribution in [0.25, 0.3) is 0 Å². The highest BCUT2D eigenvalue weighted by Crippen LogP contribution is 2.17. The maximum atomic E-state index is 12.0. The molecule has 6 heteroatoms. The van der Waals surface area contributed by atoms with Gasteiger partial charge in [0.1, 0.15) is 6.04 Å². The molecule has 21 heavy (non-hydrogen) atoms. The molecule has 0 spiro atoms. The molecule has 0 radical (unpaired) electrons. The van der Waals surface area contributed by atoms with Gasteiger partial charge in [0.2, 0.25) is 5.91 Å². The molecule has 0 saturated heterocycles. The van der Waals surface area contributed by atoms with Gasteiger partial charge in [0.05, 0.1) is 6.42 Å². The minimum Gasteiger partial charge on any atom is -0.481 e. The number of thiophene rings is 1. The molecule has 1 aromatic heterocycles. The fraction of sp³-hybridized carbons (Fsp3) is 0.200. The molecular weight excluding hydrogens is 288 g/mol. The third-order valence-corrected chi connectivity index (χ3v) is 4.00. The molecule has 0 fully saturated rings. The second-order valence-corrected chi connectivity index (χ2v) is 5.53. The number of carbonyl (C=O) groups is 2. The summed E-state index contributed by atoms with van der Waals surface area (Å²) in [6.45, 7) is 0.265. The minimum absolute atomic E-state index is 0.0664. The average Bonchev–Trinajstić information content (AvgIpc) is 2.98. The highest BCUT2D eigenvalue weighted by Gasteiger charge is 2.16. The Morgan fingerprint density at radius 1 is 1.19 bits per heavy atom. The van der Waals surface area contributed by atoms with Crippen LogP contribution in [0.2, 0.25) is 0 Å². The van der Waals surface area contributed by atoms with Crippen LogP contribution in [0, 0.1) is 0 Å². The van der Waals surface area contributed by atoms with Crippen LogP contribution >= 0.6 is 11.3 Å². The number of nitrogens with two attached hydrogens (primary N) is 1. The van der Waals surface area contributed by atoms with Crippen molar-refractivity contribution in [3.63, 3.8) is 0 Å². The number of aliphatic carboxylic acids is 1. The molecule has 0 bridgehead atoms. The summed E-state index contributed by atoms with van der Waals surface area (Å²) < 4.78 is 0. The fourth-order valence-corrected chi connectivity index (χ4v) is 2.68. The van der Waals surface area contributed by atoms with E-state index in [4.69, 9.17) is 10.8 Å². The quantitative estimate of drug-likeness (QED) is 0.757. The van der Waals surface area contributed by atoms with E-state index in [1.165, 1.54) is 11.3 Å². The Morgan fingerprint density at radius 2 is 1.90 bits per heavy atom. The van der Waals surface area contributed by atoms with Crippen LogP contribution in [0.5, 0.6) is 0 Å². The van der Waals surface area contributed by atoms with E-state index in [0.29, 0.717) is 5.56 Å². The van der Waals surface area contributed by atoms with Crippen molar-refractivity contribution in [2.24, 2.45) is 5.73 Å². The van der Waals surface area contributed by atoms with Gasteiger partial charge in [0.25, 0.3) is 0 Å².